The topological polar surface area (TPSA) is 51.2 Å². The normalized spacial score (nSPS) is 17.7. The highest BCUT2D eigenvalue weighted by atomic mass is 16.5. The summed E-state index contributed by atoms with van der Waals surface area (Å²) in [7, 11) is 3.24. The molecular formula is C29H40N2O4. The summed E-state index contributed by atoms with van der Waals surface area (Å²) in [5.74, 6) is 3.07. The standard InChI is InChI=1S/C29H40N2O4/c1-22(2)20-35-25-8-6-5-7-24(25)19-30-14-11-29(12-15-30)13-16-31(21-29)28(32)18-23-9-10-26(33-3)27(17-23)34-4/h5-10,17,22H,11-16,18-21H2,1-4H3. The Morgan fingerprint density at radius 3 is 2.37 bits per heavy atom. The van der Waals surface area contributed by atoms with Gasteiger partial charge in [0.15, 0.2) is 11.5 Å². The monoisotopic (exact) mass is 480 g/mol. The zero-order valence-electron chi connectivity index (χ0n) is 21.7. The van der Waals surface area contributed by atoms with Crippen molar-refractivity contribution in [3.05, 3.63) is 53.6 Å². The van der Waals surface area contributed by atoms with Crippen molar-refractivity contribution in [3.63, 3.8) is 0 Å². The summed E-state index contributed by atoms with van der Waals surface area (Å²) in [4.78, 5) is 17.7. The number of carbonyl (C=O) groups excluding carboxylic acids is 1. The van der Waals surface area contributed by atoms with Crippen molar-refractivity contribution < 1.29 is 19.0 Å². The number of para-hydroxylation sites is 1. The van der Waals surface area contributed by atoms with E-state index in [9.17, 15) is 4.79 Å². The zero-order valence-corrected chi connectivity index (χ0v) is 21.7. The maximum atomic E-state index is 13.1. The van der Waals surface area contributed by atoms with Gasteiger partial charge in [0.05, 0.1) is 27.2 Å². The lowest BCUT2D eigenvalue weighted by atomic mass is 9.77. The molecule has 0 bridgehead atoms. The van der Waals surface area contributed by atoms with Crippen molar-refractivity contribution in [2.75, 3.05) is 47.0 Å². The summed E-state index contributed by atoms with van der Waals surface area (Å²) < 4.78 is 16.8. The third kappa shape index (κ3) is 6.29. The van der Waals surface area contributed by atoms with Gasteiger partial charge < -0.3 is 19.1 Å². The molecule has 2 fully saturated rings. The van der Waals surface area contributed by atoms with Gasteiger partial charge in [-0.25, -0.2) is 0 Å². The molecule has 0 radical (unpaired) electrons. The molecule has 2 aromatic rings. The number of hydrogen-bond donors (Lipinski definition) is 0. The van der Waals surface area contributed by atoms with Crippen LogP contribution in [0.15, 0.2) is 42.5 Å². The van der Waals surface area contributed by atoms with Crippen molar-refractivity contribution in [1.82, 2.24) is 9.80 Å². The Labute approximate surface area is 210 Å². The van der Waals surface area contributed by atoms with Crippen LogP contribution in [0.3, 0.4) is 0 Å². The van der Waals surface area contributed by atoms with Crippen LogP contribution >= 0.6 is 0 Å². The number of carbonyl (C=O) groups is 1. The van der Waals surface area contributed by atoms with Gasteiger partial charge in [-0.1, -0.05) is 38.1 Å². The number of rotatable bonds is 9. The maximum Gasteiger partial charge on any atom is 0.227 e. The highest BCUT2D eigenvalue weighted by Gasteiger charge is 2.41. The Kier molecular flexibility index (Phi) is 8.22. The van der Waals surface area contributed by atoms with Crippen molar-refractivity contribution in [1.29, 1.82) is 0 Å². The largest absolute Gasteiger partial charge is 0.493 e. The number of likely N-dealkylation sites (tertiary alicyclic amines) is 2. The highest BCUT2D eigenvalue weighted by Crippen LogP contribution is 2.41. The summed E-state index contributed by atoms with van der Waals surface area (Å²) in [6.45, 7) is 9.89. The highest BCUT2D eigenvalue weighted by molar-refractivity contribution is 5.79. The quantitative estimate of drug-likeness (QED) is 0.516. The fourth-order valence-electron chi connectivity index (χ4n) is 5.29. The Hall–Kier alpha value is -2.73. The van der Waals surface area contributed by atoms with E-state index >= 15 is 0 Å². The molecule has 1 amide bonds. The number of amides is 1. The smallest absolute Gasteiger partial charge is 0.227 e. The molecular weight excluding hydrogens is 440 g/mol. The Bertz CT molecular complexity index is 998. The Balaban J connectivity index is 1.29. The fourth-order valence-corrected chi connectivity index (χ4v) is 5.29. The molecule has 0 aliphatic carbocycles. The van der Waals surface area contributed by atoms with Crippen LogP contribution in [-0.4, -0.2) is 62.7 Å². The van der Waals surface area contributed by atoms with Gasteiger partial charge in [0, 0.05) is 25.2 Å². The SMILES string of the molecule is COc1ccc(CC(=O)N2CCC3(CCN(Cc4ccccc4OCC(C)C)CC3)C2)cc1OC. The molecule has 0 N–H and O–H groups in total. The van der Waals surface area contributed by atoms with Crippen molar-refractivity contribution in [2.45, 2.75) is 46.1 Å². The van der Waals surface area contributed by atoms with E-state index in [0.29, 0.717) is 23.8 Å². The van der Waals surface area contributed by atoms with Gasteiger partial charge in [0.1, 0.15) is 5.75 Å². The Morgan fingerprint density at radius 2 is 1.66 bits per heavy atom. The summed E-state index contributed by atoms with van der Waals surface area (Å²) in [5.41, 5.74) is 2.49. The minimum Gasteiger partial charge on any atom is -0.493 e. The molecule has 190 valence electrons. The van der Waals surface area contributed by atoms with E-state index in [4.69, 9.17) is 14.2 Å². The van der Waals surface area contributed by atoms with Gasteiger partial charge in [0.2, 0.25) is 5.91 Å². The molecule has 2 heterocycles. The van der Waals surface area contributed by atoms with E-state index in [1.54, 1.807) is 14.2 Å². The average molecular weight is 481 g/mol. The second-order valence-corrected chi connectivity index (χ2v) is 10.5. The van der Waals surface area contributed by atoms with Gasteiger partial charge >= 0.3 is 0 Å². The van der Waals surface area contributed by atoms with Crippen molar-refractivity contribution in [2.24, 2.45) is 11.3 Å². The maximum absolute atomic E-state index is 13.1. The number of nitrogens with zero attached hydrogens (tertiary/aromatic N) is 2. The lowest BCUT2D eigenvalue weighted by Gasteiger charge is -2.39. The molecule has 2 aromatic carbocycles. The summed E-state index contributed by atoms with van der Waals surface area (Å²) in [6, 6.07) is 14.1. The number of methoxy groups -OCH3 is 2. The summed E-state index contributed by atoms with van der Waals surface area (Å²) in [5, 5.41) is 0. The second kappa shape index (κ2) is 11.3. The van der Waals surface area contributed by atoms with Crippen LogP contribution < -0.4 is 14.2 Å². The van der Waals surface area contributed by atoms with Crippen LogP contribution in [0.2, 0.25) is 0 Å². The first-order valence-electron chi connectivity index (χ1n) is 12.8. The molecule has 0 saturated carbocycles. The molecule has 0 unspecified atom stereocenters. The number of piperidine rings is 1. The van der Waals surface area contributed by atoms with Crippen LogP contribution in [0.5, 0.6) is 17.2 Å². The van der Waals surface area contributed by atoms with Crippen LogP contribution in [-0.2, 0) is 17.8 Å². The molecule has 1 spiro atoms. The first-order chi connectivity index (χ1) is 16.9. The molecule has 6 heteroatoms. The summed E-state index contributed by atoms with van der Waals surface area (Å²) >= 11 is 0. The van der Waals surface area contributed by atoms with E-state index in [2.05, 4.69) is 47.9 Å². The second-order valence-electron chi connectivity index (χ2n) is 10.5. The molecule has 2 aliphatic heterocycles. The van der Waals surface area contributed by atoms with Gasteiger partial charge in [-0.2, -0.15) is 0 Å². The first-order valence-corrected chi connectivity index (χ1v) is 12.8. The molecule has 0 aromatic heterocycles. The average Bonchev–Trinajstić information content (AvgIpc) is 3.28. The van der Waals surface area contributed by atoms with Crippen molar-refractivity contribution in [3.8, 4) is 17.2 Å². The van der Waals surface area contributed by atoms with Crippen LogP contribution in [0, 0.1) is 11.3 Å². The minimum absolute atomic E-state index is 0.202. The van der Waals surface area contributed by atoms with E-state index in [-0.39, 0.29) is 11.3 Å². The lowest BCUT2D eigenvalue weighted by Crippen LogP contribution is -2.42. The predicted octanol–water partition coefficient (Wildman–Crippen LogP) is 4.80. The van der Waals surface area contributed by atoms with Gasteiger partial charge in [-0.3, -0.25) is 9.69 Å². The van der Waals surface area contributed by atoms with Gasteiger partial charge in [-0.05, 0) is 67.4 Å². The fraction of sp³-hybridized carbons (Fsp3) is 0.552. The van der Waals surface area contributed by atoms with E-state index < -0.39 is 0 Å². The lowest BCUT2D eigenvalue weighted by molar-refractivity contribution is -0.130. The first kappa shape index (κ1) is 25.4. The van der Waals surface area contributed by atoms with Crippen LogP contribution in [0.1, 0.15) is 44.2 Å². The minimum atomic E-state index is 0.202. The molecule has 2 aliphatic rings. The van der Waals surface area contributed by atoms with E-state index in [1.807, 2.05) is 18.2 Å². The van der Waals surface area contributed by atoms with Crippen molar-refractivity contribution >= 4 is 5.91 Å². The Morgan fingerprint density at radius 1 is 0.943 bits per heavy atom. The molecule has 35 heavy (non-hydrogen) atoms. The van der Waals surface area contributed by atoms with E-state index in [1.165, 1.54) is 5.56 Å². The zero-order chi connectivity index (χ0) is 24.8. The van der Waals surface area contributed by atoms with Crippen LogP contribution in [0.25, 0.3) is 0 Å². The predicted molar refractivity (Wildman–Crippen MR) is 138 cm³/mol. The number of ether oxygens (including phenoxy) is 3. The van der Waals surface area contributed by atoms with E-state index in [0.717, 1.165) is 69.9 Å². The van der Waals surface area contributed by atoms with Gasteiger partial charge in [-0.15, -0.1) is 0 Å². The summed E-state index contributed by atoms with van der Waals surface area (Å²) in [6.07, 6.45) is 3.78. The van der Waals surface area contributed by atoms with Gasteiger partial charge in [0.25, 0.3) is 0 Å². The molecule has 6 nitrogen and oxygen atoms in total. The molecule has 4 rings (SSSR count). The molecule has 2 saturated heterocycles. The van der Waals surface area contributed by atoms with Crippen LogP contribution in [0.4, 0.5) is 0 Å². The molecule has 0 atom stereocenters. The number of hydrogen-bond acceptors (Lipinski definition) is 5. The third-order valence-electron chi connectivity index (χ3n) is 7.45. The number of benzene rings is 2. The third-order valence-corrected chi connectivity index (χ3v) is 7.45.